The number of nitrogens with zero attached hydrogens (tertiary/aromatic N) is 2. The summed E-state index contributed by atoms with van der Waals surface area (Å²) in [4.78, 5) is 0.565. The quantitative estimate of drug-likeness (QED) is 0.878. The molecule has 0 saturated heterocycles. The first kappa shape index (κ1) is 14.5. The third kappa shape index (κ3) is 2.34. The minimum Gasteiger partial charge on any atom is -0.359 e. The van der Waals surface area contributed by atoms with Gasteiger partial charge in [-0.25, -0.2) is 0 Å². The first-order valence-electron chi connectivity index (χ1n) is 9.10. The normalized spacial score (nSPS) is 33.9. The van der Waals surface area contributed by atoms with Crippen molar-refractivity contribution in [2.45, 2.75) is 50.6 Å². The maximum atomic E-state index is 12.1. The van der Waals surface area contributed by atoms with Crippen LogP contribution in [0.5, 0.6) is 0 Å². The van der Waals surface area contributed by atoms with Crippen LogP contribution in [0.4, 0.5) is 0 Å². The van der Waals surface area contributed by atoms with E-state index >= 15 is 0 Å². The predicted octanol–water partition coefficient (Wildman–Crippen LogP) is 3.03. The average Bonchev–Trinajstić information content (AvgIpc) is 2.93. The van der Waals surface area contributed by atoms with Crippen LogP contribution in [0.2, 0.25) is 0 Å². The molecule has 1 N–H and O–H groups in total. The molecule has 1 aromatic carbocycles. The van der Waals surface area contributed by atoms with Crippen molar-refractivity contribution in [3.63, 3.8) is 0 Å². The molecule has 24 heavy (non-hydrogen) atoms. The second kappa shape index (κ2) is 5.31. The Morgan fingerprint density at radius 3 is 2.33 bits per heavy atom. The molecule has 5 heteroatoms. The Hall–Kier alpha value is -1.88. The third-order valence-electron chi connectivity index (χ3n) is 6.42. The highest BCUT2D eigenvalue weighted by molar-refractivity contribution is 5.59. The van der Waals surface area contributed by atoms with Crippen LogP contribution in [0.15, 0.2) is 35.0 Å². The second-order valence-corrected chi connectivity index (χ2v) is 8.14. The molecule has 4 aliphatic rings. The van der Waals surface area contributed by atoms with Crippen molar-refractivity contribution < 1.29 is 9.53 Å². The maximum absolute atomic E-state index is 12.1. The maximum Gasteiger partial charge on any atom is 0.252 e. The van der Waals surface area contributed by atoms with Crippen molar-refractivity contribution in [1.82, 2.24) is 10.5 Å². The summed E-state index contributed by atoms with van der Waals surface area (Å²) in [6.45, 7) is 0.531. The van der Waals surface area contributed by atoms with Crippen LogP contribution in [-0.2, 0) is 6.54 Å². The summed E-state index contributed by atoms with van der Waals surface area (Å²) in [5.41, 5.74) is 2.41. The van der Waals surface area contributed by atoms with Gasteiger partial charge in [-0.3, -0.25) is 4.63 Å². The lowest BCUT2D eigenvalue weighted by atomic mass is 9.53. The molecule has 0 atom stereocenters. The van der Waals surface area contributed by atoms with Gasteiger partial charge in [-0.1, -0.05) is 30.3 Å². The fourth-order valence-corrected chi connectivity index (χ4v) is 5.83. The smallest absolute Gasteiger partial charge is 0.252 e. The highest BCUT2D eigenvalue weighted by Gasteiger charge is 2.50. The van der Waals surface area contributed by atoms with Crippen LogP contribution in [-0.4, -0.2) is 10.7 Å². The van der Waals surface area contributed by atoms with E-state index in [1.807, 2.05) is 30.3 Å². The molecular weight excluding hydrogens is 302 g/mol. The monoisotopic (exact) mass is 325 g/mol. The topological polar surface area (TPSA) is 65.0 Å². The lowest BCUT2D eigenvalue weighted by Crippen LogP contribution is -2.58. The van der Waals surface area contributed by atoms with E-state index < -0.39 is 0 Å². The molecule has 6 rings (SSSR count). The third-order valence-corrected chi connectivity index (χ3v) is 6.42. The van der Waals surface area contributed by atoms with Gasteiger partial charge in [0, 0.05) is 16.3 Å². The van der Waals surface area contributed by atoms with Crippen molar-refractivity contribution in [3.8, 4) is 11.3 Å². The van der Waals surface area contributed by atoms with Crippen molar-refractivity contribution in [1.29, 1.82) is 0 Å². The van der Waals surface area contributed by atoms with Gasteiger partial charge >= 0.3 is 0 Å². The zero-order valence-corrected chi connectivity index (χ0v) is 13.8. The average molecular weight is 325 g/mol. The first-order chi connectivity index (χ1) is 11.7. The van der Waals surface area contributed by atoms with Crippen LogP contribution >= 0.6 is 0 Å². The highest BCUT2D eigenvalue weighted by atomic mass is 16.8. The fraction of sp³-hybridized carbons (Fsp3) is 0.579. The van der Waals surface area contributed by atoms with Gasteiger partial charge in [0.2, 0.25) is 5.69 Å². The highest BCUT2D eigenvalue weighted by Crippen LogP contribution is 2.55. The Morgan fingerprint density at radius 2 is 1.71 bits per heavy atom. The molecule has 1 aromatic heterocycles. The summed E-state index contributed by atoms with van der Waals surface area (Å²) in [5, 5.41) is 19.8. The molecule has 1 heterocycles. The van der Waals surface area contributed by atoms with Crippen molar-refractivity contribution >= 4 is 0 Å². The lowest BCUT2D eigenvalue weighted by molar-refractivity contribution is -0.808. The van der Waals surface area contributed by atoms with E-state index in [-0.39, 0.29) is 5.54 Å². The zero-order chi connectivity index (χ0) is 16.1. The summed E-state index contributed by atoms with van der Waals surface area (Å²) in [5.74, 6) is 2.66. The SMILES string of the molecule is [O-][n+]1onc(-c2ccccc2)c1CNC12CC3CC(CC(C3)C1)C2. The number of hydrogen-bond acceptors (Lipinski definition) is 4. The standard InChI is InChI=1S/C19H23N3O2/c23-22-17(18(21-24-22)16-4-2-1-3-5-16)12-20-19-9-13-6-14(10-19)8-15(7-13)11-19/h1-5,13-15,20H,6-12H2. The molecule has 4 aliphatic carbocycles. The molecule has 4 fully saturated rings. The summed E-state index contributed by atoms with van der Waals surface area (Å²) in [6, 6.07) is 9.80. The van der Waals surface area contributed by atoms with Gasteiger partial charge in [0.25, 0.3) is 5.69 Å². The Morgan fingerprint density at radius 1 is 1.08 bits per heavy atom. The molecule has 4 saturated carbocycles. The molecule has 0 aliphatic heterocycles. The van der Waals surface area contributed by atoms with Crippen LogP contribution in [0.25, 0.3) is 11.3 Å². The van der Waals surface area contributed by atoms with Crippen molar-refractivity contribution in [3.05, 3.63) is 41.2 Å². The number of hydrogen-bond donors (Lipinski definition) is 1. The van der Waals surface area contributed by atoms with Crippen LogP contribution in [0, 0.1) is 23.0 Å². The second-order valence-electron chi connectivity index (χ2n) is 8.14. The molecule has 126 valence electrons. The van der Waals surface area contributed by atoms with E-state index in [1.165, 1.54) is 38.5 Å². The minimum absolute atomic E-state index is 0.229. The van der Waals surface area contributed by atoms with Gasteiger partial charge in [0.05, 0.1) is 6.54 Å². The zero-order valence-electron chi connectivity index (χ0n) is 13.8. The van der Waals surface area contributed by atoms with Gasteiger partial charge in [-0.2, -0.15) is 0 Å². The van der Waals surface area contributed by atoms with Crippen LogP contribution in [0.3, 0.4) is 0 Å². The van der Waals surface area contributed by atoms with Gasteiger partial charge in [-0.05, 0) is 61.2 Å². The minimum atomic E-state index is 0.229. The van der Waals surface area contributed by atoms with Gasteiger partial charge in [0.15, 0.2) is 0 Å². The summed E-state index contributed by atoms with van der Waals surface area (Å²) < 4.78 is 4.89. The van der Waals surface area contributed by atoms with Gasteiger partial charge in [0.1, 0.15) is 0 Å². The molecule has 0 spiro atoms. The molecule has 0 amide bonds. The van der Waals surface area contributed by atoms with E-state index in [9.17, 15) is 5.21 Å². The molecule has 0 radical (unpaired) electrons. The molecular formula is C19H23N3O2. The van der Waals surface area contributed by atoms with Crippen LogP contribution in [0.1, 0.15) is 44.2 Å². The number of aromatic nitrogens is 2. The van der Waals surface area contributed by atoms with E-state index in [1.54, 1.807) is 0 Å². The Bertz CT molecular complexity index is 705. The lowest BCUT2D eigenvalue weighted by Gasteiger charge is -2.57. The van der Waals surface area contributed by atoms with Crippen molar-refractivity contribution in [2.24, 2.45) is 17.8 Å². The van der Waals surface area contributed by atoms with Gasteiger partial charge < -0.3 is 10.5 Å². The largest absolute Gasteiger partial charge is 0.359 e. The number of nitrogens with one attached hydrogen (secondary N) is 1. The molecule has 5 nitrogen and oxygen atoms in total. The molecule has 0 unspecified atom stereocenters. The molecule has 4 bridgehead atoms. The van der Waals surface area contributed by atoms with E-state index in [2.05, 4.69) is 10.5 Å². The summed E-state index contributed by atoms with van der Waals surface area (Å²) in [7, 11) is 0. The number of rotatable bonds is 4. The number of benzene rings is 1. The summed E-state index contributed by atoms with van der Waals surface area (Å²) in [6.07, 6.45) is 8.07. The fourth-order valence-electron chi connectivity index (χ4n) is 5.83. The Labute approximate surface area is 141 Å². The van der Waals surface area contributed by atoms with Gasteiger partial charge in [-0.15, -0.1) is 0 Å². The van der Waals surface area contributed by atoms with E-state index in [0.717, 1.165) is 23.3 Å². The Kier molecular flexibility index (Phi) is 3.20. The van der Waals surface area contributed by atoms with E-state index in [0.29, 0.717) is 22.8 Å². The predicted molar refractivity (Wildman–Crippen MR) is 88.6 cm³/mol. The molecule has 2 aromatic rings. The van der Waals surface area contributed by atoms with Crippen molar-refractivity contribution in [2.75, 3.05) is 0 Å². The van der Waals surface area contributed by atoms with Crippen LogP contribution < -0.4 is 10.2 Å². The summed E-state index contributed by atoms with van der Waals surface area (Å²) >= 11 is 0. The van der Waals surface area contributed by atoms with E-state index in [4.69, 9.17) is 4.63 Å². The Balaban J connectivity index is 1.39. The first-order valence-corrected chi connectivity index (χ1v) is 9.10.